The van der Waals surface area contributed by atoms with E-state index in [-0.39, 0.29) is 5.82 Å². The van der Waals surface area contributed by atoms with E-state index in [1.54, 1.807) is 6.07 Å². The molecule has 0 atom stereocenters. The molecule has 3 rings (SSSR count). The molecule has 0 bridgehead atoms. The Morgan fingerprint density at radius 3 is 2.29 bits per heavy atom. The molecule has 0 aliphatic rings. The third-order valence-electron chi connectivity index (χ3n) is 3.12. The summed E-state index contributed by atoms with van der Waals surface area (Å²) in [6, 6.07) is 10.7. The molecule has 86 valence electrons. The molecule has 2 heteroatoms. The topological polar surface area (TPSA) is 13.1 Å². The van der Waals surface area contributed by atoms with E-state index >= 15 is 0 Å². The Hall–Kier alpha value is -1.83. The van der Waals surface area contributed by atoms with Crippen LogP contribution < -0.4 is 0 Å². The van der Waals surface area contributed by atoms with Crippen LogP contribution in [-0.2, 0) is 0 Å². The molecule has 0 aliphatic carbocycles. The van der Waals surface area contributed by atoms with Crippen LogP contribution in [0, 0.1) is 5.82 Å². The predicted molar refractivity (Wildman–Crippen MR) is 67.8 cm³/mol. The molecule has 0 fully saturated rings. The number of halogens is 1. The molecule has 1 heterocycles. The first kappa shape index (κ1) is 10.3. The van der Waals surface area contributed by atoms with Crippen molar-refractivity contribution in [1.29, 1.82) is 0 Å². The van der Waals surface area contributed by atoms with Gasteiger partial charge in [-0.1, -0.05) is 19.9 Å². The van der Waals surface area contributed by atoms with Crippen LogP contribution in [-0.4, -0.2) is 0 Å². The van der Waals surface area contributed by atoms with Crippen LogP contribution >= 0.6 is 0 Å². The number of hydrogen-bond acceptors (Lipinski definition) is 1. The van der Waals surface area contributed by atoms with E-state index in [9.17, 15) is 4.39 Å². The fourth-order valence-electron chi connectivity index (χ4n) is 2.13. The van der Waals surface area contributed by atoms with Crippen molar-refractivity contribution in [3.63, 3.8) is 0 Å². The monoisotopic (exact) mass is 228 g/mol. The molecular formula is C15H13FO. The Bertz CT molecular complexity index is 695. The zero-order chi connectivity index (χ0) is 12.0. The lowest BCUT2D eigenvalue weighted by atomic mass is 10.0. The largest absolute Gasteiger partial charge is 0.456 e. The van der Waals surface area contributed by atoms with Crippen molar-refractivity contribution in [1.82, 2.24) is 0 Å². The van der Waals surface area contributed by atoms with Crippen molar-refractivity contribution in [2.75, 3.05) is 0 Å². The summed E-state index contributed by atoms with van der Waals surface area (Å²) in [6.45, 7) is 4.29. The number of hydrogen-bond donors (Lipinski definition) is 0. The van der Waals surface area contributed by atoms with Gasteiger partial charge in [0.25, 0.3) is 0 Å². The molecule has 0 unspecified atom stereocenters. The van der Waals surface area contributed by atoms with Gasteiger partial charge >= 0.3 is 0 Å². The van der Waals surface area contributed by atoms with Crippen LogP contribution in [0.4, 0.5) is 4.39 Å². The minimum atomic E-state index is -0.227. The van der Waals surface area contributed by atoms with E-state index in [0.29, 0.717) is 5.92 Å². The van der Waals surface area contributed by atoms with Gasteiger partial charge in [-0.25, -0.2) is 4.39 Å². The molecule has 0 spiro atoms. The van der Waals surface area contributed by atoms with Crippen molar-refractivity contribution >= 4 is 21.9 Å². The highest BCUT2D eigenvalue weighted by molar-refractivity contribution is 6.05. The van der Waals surface area contributed by atoms with Crippen LogP contribution in [0.1, 0.15) is 25.3 Å². The molecule has 0 N–H and O–H groups in total. The molecule has 0 amide bonds. The third-order valence-corrected chi connectivity index (χ3v) is 3.12. The van der Waals surface area contributed by atoms with Crippen molar-refractivity contribution < 1.29 is 8.81 Å². The second-order valence-electron chi connectivity index (χ2n) is 4.65. The molecule has 1 nitrogen and oxygen atoms in total. The maximum Gasteiger partial charge on any atom is 0.135 e. The third kappa shape index (κ3) is 1.60. The fraction of sp³-hybridized carbons (Fsp3) is 0.200. The molecule has 0 aliphatic heterocycles. The first-order valence-corrected chi connectivity index (χ1v) is 5.77. The zero-order valence-electron chi connectivity index (χ0n) is 9.83. The maximum absolute atomic E-state index is 13.3. The van der Waals surface area contributed by atoms with Gasteiger partial charge in [0.15, 0.2) is 0 Å². The van der Waals surface area contributed by atoms with Crippen molar-refractivity contribution in [2.45, 2.75) is 19.8 Å². The Labute approximate surface area is 98.8 Å². The van der Waals surface area contributed by atoms with E-state index in [0.717, 1.165) is 21.9 Å². The maximum atomic E-state index is 13.3. The Morgan fingerprint density at radius 2 is 1.59 bits per heavy atom. The van der Waals surface area contributed by atoms with Crippen LogP contribution in [0.25, 0.3) is 21.9 Å². The minimum Gasteiger partial charge on any atom is -0.456 e. The lowest BCUT2D eigenvalue weighted by Gasteiger charge is -2.03. The van der Waals surface area contributed by atoms with Gasteiger partial charge in [-0.2, -0.15) is 0 Å². The number of benzene rings is 2. The summed E-state index contributed by atoms with van der Waals surface area (Å²) >= 11 is 0. The minimum absolute atomic E-state index is 0.227. The highest BCUT2D eigenvalue weighted by Crippen LogP contribution is 2.31. The average Bonchev–Trinajstić information content (AvgIpc) is 2.66. The normalized spacial score (nSPS) is 11.8. The van der Waals surface area contributed by atoms with Crippen LogP contribution in [0.15, 0.2) is 40.8 Å². The lowest BCUT2D eigenvalue weighted by Crippen LogP contribution is -1.85. The number of furan rings is 1. The van der Waals surface area contributed by atoms with Gasteiger partial charge in [0.05, 0.1) is 0 Å². The van der Waals surface area contributed by atoms with Gasteiger partial charge < -0.3 is 4.42 Å². The summed E-state index contributed by atoms with van der Waals surface area (Å²) < 4.78 is 18.9. The summed E-state index contributed by atoms with van der Waals surface area (Å²) in [4.78, 5) is 0. The number of fused-ring (bicyclic) bond motifs is 3. The molecule has 3 aromatic rings. The highest BCUT2D eigenvalue weighted by atomic mass is 19.1. The summed E-state index contributed by atoms with van der Waals surface area (Å²) in [6.07, 6.45) is 0. The Morgan fingerprint density at radius 1 is 0.941 bits per heavy atom. The first-order chi connectivity index (χ1) is 8.15. The van der Waals surface area contributed by atoms with Gasteiger partial charge in [-0.15, -0.1) is 0 Å². The van der Waals surface area contributed by atoms with Crippen molar-refractivity contribution in [3.8, 4) is 0 Å². The number of rotatable bonds is 1. The highest BCUT2D eigenvalue weighted by Gasteiger charge is 2.09. The fourth-order valence-corrected chi connectivity index (χ4v) is 2.13. The summed E-state index contributed by atoms with van der Waals surface area (Å²) in [5, 5.41) is 1.84. The van der Waals surface area contributed by atoms with E-state index in [1.165, 1.54) is 17.7 Å². The van der Waals surface area contributed by atoms with E-state index < -0.39 is 0 Å². The first-order valence-electron chi connectivity index (χ1n) is 5.77. The van der Waals surface area contributed by atoms with Gasteiger partial charge in [0.1, 0.15) is 17.0 Å². The van der Waals surface area contributed by atoms with Gasteiger partial charge in [0, 0.05) is 10.8 Å². The Kier molecular flexibility index (Phi) is 2.18. The standard InChI is InChI=1S/C15H13FO/c1-9(2)10-3-5-14-12(7-10)13-8-11(16)4-6-15(13)17-14/h3-9H,1-2H3. The van der Waals surface area contributed by atoms with Crippen molar-refractivity contribution in [2.24, 2.45) is 0 Å². The molecule has 17 heavy (non-hydrogen) atoms. The summed E-state index contributed by atoms with van der Waals surface area (Å²) in [5.41, 5.74) is 2.79. The van der Waals surface area contributed by atoms with Gasteiger partial charge in [-0.3, -0.25) is 0 Å². The lowest BCUT2D eigenvalue weighted by molar-refractivity contribution is 0.626. The van der Waals surface area contributed by atoms with Crippen LogP contribution in [0.5, 0.6) is 0 Å². The molecule has 0 radical (unpaired) electrons. The van der Waals surface area contributed by atoms with E-state index in [2.05, 4.69) is 26.0 Å². The van der Waals surface area contributed by atoms with E-state index in [4.69, 9.17) is 4.42 Å². The van der Waals surface area contributed by atoms with Crippen molar-refractivity contribution in [3.05, 3.63) is 47.8 Å². The van der Waals surface area contributed by atoms with Crippen LogP contribution in [0.3, 0.4) is 0 Å². The smallest absolute Gasteiger partial charge is 0.135 e. The van der Waals surface area contributed by atoms with Gasteiger partial charge in [-0.05, 0) is 41.8 Å². The molecule has 0 saturated carbocycles. The second-order valence-corrected chi connectivity index (χ2v) is 4.65. The zero-order valence-corrected chi connectivity index (χ0v) is 9.83. The molecule has 2 aromatic carbocycles. The molecule has 0 saturated heterocycles. The average molecular weight is 228 g/mol. The molecule has 1 aromatic heterocycles. The molecular weight excluding hydrogens is 215 g/mol. The predicted octanol–water partition coefficient (Wildman–Crippen LogP) is 4.85. The quantitative estimate of drug-likeness (QED) is 0.580. The Balaban J connectivity index is 2.39. The van der Waals surface area contributed by atoms with Gasteiger partial charge in [0.2, 0.25) is 0 Å². The summed E-state index contributed by atoms with van der Waals surface area (Å²) in [7, 11) is 0. The second kappa shape index (κ2) is 3.59. The van der Waals surface area contributed by atoms with E-state index in [1.807, 2.05) is 6.07 Å². The SMILES string of the molecule is CC(C)c1ccc2oc3ccc(F)cc3c2c1. The summed E-state index contributed by atoms with van der Waals surface area (Å²) in [5.74, 6) is 0.230. The van der Waals surface area contributed by atoms with Crippen LogP contribution in [0.2, 0.25) is 0 Å².